The molecule has 0 saturated carbocycles. The fraction of sp³-hybridized carbons (Fsp3) is 0.562. The van der Waals surface area contributed by atoms with E-state index >= 15 is 0 Å². The lowest BCUT2D eigenvalue weighted by Crippen LogP contribution is -2.47. The van der Waals surface area contributed by atoms with Gasteiger partial charge in [0.2, 0.25) is 0 Å². The summed E-state index contributed by atoms with van der Waals surface area (Å²) in [6, 6.07) is 7.23. The highest BCUT2D eigenvalue weighted by atomic mass is 19.3. The van der Waals surface area contributed by atoms with Gasteiger partial charge in [-0.3, -0.25) is 9.69 Å². The quantitative estimate of drug-likeness (QED) is 0.856. The van der Waals surface area contributed by atoms with Crippen LogP contribution in [0.1, 0.15) is 29.3 Å². The zero-order chi connectivity index (χ0) is 15.6. The Morgan fingerprint density at radius 2 is 2.05 bits per heavy atom. The molecule has 1 amide bonds. The lowest BCUT2D eigenvalue weighted by molar-refractivity contribution is -0.106. The molecule has 1 aromatic rings. The van der Waals surface area contributed by atoms with E-state index in [1.54, 1.807) is 38.1 Å². The predicted molar refractivity (Wildman–Crippen MR) is 78.5 cm³/mol. The van der Waals surface area contributed by atoms with Crippen molar-refractivity contribution in [2.45, 2.75) is 25.8 Å². The molecule has 1 aliphatic rings. The molecule has 116 valence electrons. The second-order valence-electron chi connectivity index (χ2n) is 6.02. The van der Waals surface area contributed by atoms with Crippen LogP contribution in [0.15, 0.2) is 24.3 Å². The molecule has 21 heavy (non-hydrogen) atoms. The number of halogens is 2. The molecule has 1 aromatic carbocycles. The highest BCUT2D eigenvalue weighted by Crippen LogP contribution is 2.33. The molecule has 1 unspecified atom stereocenters. The average molecular weight is 296 g/mol. The smallest absolute Gasteiger partial charge is 0.263 e. The normalized spacial score (nSPS) is 22.0. The first-order valence-electron chi connectivity index (χ1n) is 7.21. The number of amides is 1. The van der Waals surface area contributed by atoms with Gasteiger partial charge in [-0.05, 0) is 24.6 Å². The molecule has 5 heteroatoms. The molecule has 1 saturated heterocycles. The van der Waals surface area contributed by atoms with Crippen LogP contribution in [0.25, 0.3) is 0 Å². The summed E-state index contributed by atoms with van der Waals surface area (Å²) in [7, 11) is 3.38. The van der Waals surface area contributed by atoms with Gasteiger partial charge in [0.05, 0.1) is 6.54 Å². The van der Waals surface area contributed by atoms with Gasteiger partial charge in [0, 0.05) is 32.1 Å². The third-order valence-electron chi connectivity index (χ3n) is 4.08. The Hall–Kier alpha value is -1.49. The van der Waals surface area contributed by atoms with E-state index in [1.807, 2.05) is 12.1 Å². The number of nitrogens with zero attached hydrogens (tertiary/aromatic N) is 2. The topological polar surface area (TPSA) is 23.6 Å². The van der Waals surface area contributed by atoms with Gasteiger partial charge >= 0.3 is 0 Å². The molecule has 0 spiro atoms. The fourth-order valence-electron chi connectivity index (χ4n) is 2.60. The fourth-order valence-corrected chi connectivity index (χ4v) is 2.60. The molecule has 0 radical (unpaired) electrons. The SMILES string of the molecule is CC1CCN(Cc2ccccc2C(=O)N(C)C)CC1(F)F. The number of alkyl halides is 2. The van der Waals surface area contributed by atoms with Gasteiger partial charge < -0.3 is 4.90 Å². The van der Waals surface area contributed by atoms with Crippen LogP contribution < -0.4 is 0 Å². The van der Waals surface area contributed by atoms with Crippen molar-refractivity contribution in [2.24, 2.45) is 5.92 Å². The number of rotatable bonds is 3. The number of hydrogen-bond donors (Lipinski definition) is 0. The first-order chi connectivity index (χ1) is 9.81. The van der Waals surface area contributed by atoms with Crippen LogP contribution in [0, 0.1) is 5.92 Å². The first kappa shape index (κ1) is 15.9. The van der Waals surface area contributed by atoms with Gasteiger partial charge in [0.25, 0.3) is 11.8 Å². The van der Waals surface area contributed by atoms with Gasteiger partial charge in [-0.2, -0.15) is 0 Å². The summed E-state index contributed by atoms with van der Waals surface area (Å²) < 4.78 is 27.6. The van der Waals surface area contributed by atoms with Gasteiger partial charge in [-0.25, -0.2) is 8.78 Å². The minimum absolute atomic E-state index is 0.0947. The van der Waals surface area contributed by atoms with Crippen LogP contribution in [0.3, 0.4) is 0 Å². The standard InChI is InChI=1S/C16H22F2N2O/c1-12-8-9-20(11-16(12,17)18)10-13-6-4-5-7-14(13)15(21)19(2)3/h4-7,12H,8-11H2,1-3H3. The van der Waals surface area contributed by atoms with Crippen molar-refractivity contribution in [2.75, 3.05) is 27.2 Å². The van der Waals surface area contributed by atoms with Crippen molar-refractivity contribution in [3.05, 3.63) is 35.4 Å². The van der Waals surface area contributed by atoms with Gasteiger partial charge in [-0.15, -0.1) is 0 Å². The van der Waals surface area contributed by atoms with Crippen molar-refractivity contribution >= 4 is 5.91 Å². The summed E-state index contributed by atoms with van der Waals surface area (Å²) in [5.41, 5.74) is 1.39. The Balaban J connectivity index is 2.15. The van der Waals surface area contributed by atoms with Crippen LogP contribution in [-0.4, -0.2) is 48.8 Å². The Labute approximate surface area is 124 Å². The van der Waals surface area contributed by atoms with E-state index in [9.17, 15) is 13.6 Å². The maximum Gasteiger partial charge on any atom is 0.263 e. The molecular weight excluding hydrogens is 274 g/mol. The molecule has 1 aliphatic heterocycles. The molecule has 1 atom stereocenters. The second-order valence-corrected chi connectivity index (χ2v) is 6.02. The number of piperidine rings is 1. The minimum atomic E-state index is -2.65. The van der Waals surface area contributed by atoms with Crippen LogP contribution in [0.5, 0.6) is 0 Å². The van der Waals surface area contributed by atoms with Crippen molar-refractivity contribution in [3.8, 4) is 0 Å². The molecule has 0 bridgehead atoms. The lowest BCUT2D eigenvalue weighted by Gasteiger charge is -2.37. The van der Waals surface area contributed by atoms with Gasteiger partial charge in [0.1, 0.15) is 0 Å². The molecule has 2 rings (SSSR count). The Morgan fingerprint density at radius 1 is 1.38 bits per heavy atom. The third kappa shape index (κ3) is 3.59. The van der Waals surface area contributed by atoms with Crippen molar-refractivity contribution in [1.82, 2.24) is 9.80 Å². The summed E-state index contributed by atoms with van der Waals surface area (Å²) in [6.07, 6.45) is 0.483. The summed E-state index contributed by atoms with van der Waals surface area (Å²) in [4.78, 5) is 15.4. The van der Waals surface area contributed by atoms with E-state index in [1.165, 1.54) is 4.90 Å². The number of benzene rings is 1. The Kier molecular flexibility index (Phi) is 4.61. The van der Waals surface area contributed by atoms with E-state index in [0.29, 0.717) is 25.1 Å². The first-order valence-corrected chi connectivity index (χ1v) is 7.21. The monoisotopic (exact) mass is 296 g/mol. The Bertz CT molecular complexity index is 517. The second kappa shape index (κ2) is 6.10. The molecule has 1 heterocycles. The van der Waals surface area contributed by atoms with E-state index in [-0.39, 0.29) is 12.5 Å². The highest BCUT2D eigenvalue weighted by Gasteiger charge is 2.41. The summed E-state index contributed by atoms with van der Waals surface area (Å²) in [5, 5.41) is 0. The third-order valence-corrected chi connectivity index (χ3v) is 4.08. The zero-order valence-corrected chi connectivity index (χ0v) is 12.8. The van der Waals surface area contributed by atoms with E-state index < -0.39 is 11.8 Å². The number of hydrogen-bond acceptors (Lipinski definition) is 2. The predicted octanol–water partition coefficient (Wildman–Crippen LogP) is 2.87. The maximum absolute atomic E-state index is 13.8. The number of carbonyl (C=O) groups excluding carboxylic acids is 1. The van der Waals surface area contributed by atoms with Crippen LogP contribution in [0.2, 0.25) is 0 Å². The molecule has 0 aromatic heterocycles. The molecular formula is C16H22F2N2O. The van der Waals surface area contributed by atoms with Crippen LogP contribution in [-0.2, 0) is 6.54 Å². The number of likely N-dealkylation sites (tertiary alicyclic amines) is 1. The molecule has 0 N–H and O–H groups in total. The van der Waals surface area contributed by atoms with E-state index in [4.69, 9.17) is 0 Å². The highest BCUT2D eigenvalue weighted by molar-refractivity contribution is 5.95. The van der Waals surface area contributed by atoms with Crippen LogP contribution in [0.4, 0.5) is 8.78 Å². The zero-order valence-electron chi connectivity index (χ0n) is 12.8. The summed E-state index contributed by atoms with van der Waals surface area (Å²) in [5.74, 6) is -3.33. The molecule has 3 nitrogen and oxygen atoms in total. The van der Waals surface area contributed by atoms with Crippen LogP contribution >= 0.6 is 0 Å². The average Bonchev–Trinajstić information content (AvgIpc) is 2.42. The van der Waals surface area contributed by atoms with Gasteiger partial charge in [0.15, 0.2) is 0 Å². The van der Waals surface area contributed by atoms with Crippen molar-refractivity contribution in [1.29, 1.82) is 0 Å². The lowest BCUT2D eigenvalue weighted by atomic mass is 9.94. The Morgan fingerprint density at radius 3 is 2.67 bits per heavy atom. The van der Waals surface area contributed by atoms with Crippen molar-refractivity contribution < 1.29 is 13.6 Å². The minimum Gasteiger partial charge on any atom is -0.345 e. The summed E-state index contributed by atoms with van der Waals surface area (Å²) in [6.45, 7) is 2.39. The largest absolute Gasteiger partial charge is 0.345 e. The molecule has 0 aliphatic carbocycles. The maximum atomic E-state index is 13.8. The van der Waals surface area contributed by atoms with E-state index in [0.717, 1.165) is 5.56 Å². The number of carbonyl (C=O) groups is 1. The van der Waals surface area contributed by atoms with Crippen molar-refractivity contribution in [3.63, 3.8) is 0 Å². The summed E-state index contributed by atoms with van der Waals surface area (Å²) >= 11 is 0. The molecule has 1 fully saturated rings. The van der Waals surface area contributed by atoms with E-state index in [2.05, 4.69) is 0 Å². The van der Waals surface area contributed by atoms with Gasteiger partial charge in [-0.1, -0.05) is 25.1 Å².